The highest BCUT2D eigenvalue weighted by molar-refractivity contribution is 6.44. The molecule has 4 rings (SSSR count). The Morgan fingerprint density at radius 1 is 1.07 bits per heavy atom. The molecule has 1 saturated heterocycles. The molecular weight excluding hydrogens is 358 g/mol. The normalized spacial score (nSPS) is 19.4. The molecule has 1 aromatic carbocycles. The molecule has 7 heteroatoms. The molecule has 2 aromatic heterocycles. The van der Waals surface area contributed by atoms with Gasteiger partial charge in [-0.2, -0.15) is 0 Å². The number of hydrogen-bond acceptors (Lipinski definition) is 5. The number of rotatable bonds is 7. The minimum Gasteiger partial charge on any atom is -0.467 e. The van der Waals surface area contributed by atoms with Gasteiger partial charge < -0.3 is 13.9 Å². The van der Waals surface area contributed by atoms with Crippen LogP contribution >= 0.6 is 0 Å². The van der Waals surface area contributed by atoms with E-state index >= 15 is 0 Å². The number of imidazole rings is 1. The summed E-state index contributed by atoms with van der Waals surface area (Å²) in [7, 11) is 0. The molecule has 0 N–H and O–H groups in total. The number of ketones is 2. The van der Waals surface area contributed by atoms with Crippen molar-refractivity contribution in [3.05, 3.63) is 78.8 Å². The predicted molar refractivity (Wildman–Crippen MR) is 99.3 cm³/mol. The van der Waals surface area contributed by atoms with Crippen LogP contribution in [0.5, 0.6) is 0 Å². The first-order valence-electron chi connectivity index (χ1n) is 9.10. The Balaban J connectivity index is 1.61. The van der Waals surface area contributed by atoms with Crippen molar-refractivity contribution in [1.82, 2.24) is 14.5 Å². The van der Waals surface area contributed by atoms with Crippen molar-refractivity contribution >= 4 is 17.5 Å². The van der Waals surface area contributed by atoms with Gasteiger partial charge >= 0.3 is 0 Å². The van der Waals surface area contributed by atoms with Crippen molar-refractivity contribution in [3.8, 4) is 0 Å². The van der Waals surface area contributed by atoms with Crippen LogP contribution in [0.15, 0.2) is 71.9 Å². The highest BCUT2D eigenvalue weighted by Crippen LogP contribution is 2.38. The third kappa shape index (κ3) is 3.26. The van der Waals surface area contributed by atoms with Gasteiger partial charge in [0.05, 0.1) is 12.6 Å². The van der Waals surface area contributed by atoms with Gasteiger partial charge in [0, 0.05) is 31.0 Å². The van der Waals surface area contributed by atoms with E-state index in [4.69, 9.17) is 4.42 Å². The van der Waals surface area contributed by atoms with Gasteiger partial charge in [-0.1, -0.05) is 30.3 Å². The van der Waals surface area contributed by atoms with Crippen LogP contribution in [0, 0.1) is 5.92 Å². The topological polar surface area (TPSA) is 85.4 Å². The minimum atomic E-state index is -1.10. The number of amides is 1. The number of Topliss-reactive ketones (excluding diaryl/α,β-unsaturated/α-hetero) is 2. The highest BCUT2D eigenvalue weighted by Gasteiger charge is 2.52. The average Bonchev–Trinajstić information content (AvgIpc) is 3.46. The fraction of sp³-hybridized carbons (Fsp3) is 0.238. The summed E-state index contributed by atoms with van der Waals surface area (Å²) in [5.74, 6) is -2.35. The summed E-state index contributed by atoms with van der Waals surface area (Å²) in [5, 5.41) is 0. The Morgan fingerprint density at radius 2 is 1.89 bits per heavy atom. The Labute approximate surface area is 161 Å². The van der Waals surface area contributed by atoms with Crippen molar-refractivity contribution in [1.29, 1.82) is 0 Å². The molecule has 1 fully saturated rings. The number of aromatic nitrogens is 2. The molecule has 2 atom stereocenters. The van der Waals surface area contributed by atoms with Gasteiger partial charge in [-0.15, -0.1) is 0 Å². The summed E-state index contributed by atoms with van der Waals surface area (Å²) in [6.07, 6.45) is 7.32. The fourth-order valence-corrected chi connectivity index (χ4v) is 3.63. The Hall–Kier alpha value is -3.48. The van der Waals surface area contributed by atoms with E-state index in [9.17, 15) is 14.4 Å². The number of furan rings is 1. The summed E-state index contributed by atoms with van der Waals surface area (Å²) in [6, 6.07) is 11.2. The van der Waals surface area contributed by atoms with Crippen molar-refractivity contribution in [2.45, 2.75) is 19.0 Å². The average molecular weight is 377 g/mol. The highest BCUT2D eigenvalue weighted by atomic mass is 16.3. The number of aryl methyl sites for hydroxylation is 1. The predicted octanol–water partition coefficient (Wildman–Crippen LogP) is 2.52. The Kier molecular flexibility index (Phi) is 4.89. The van der Waals surface area contributed by atoms with Gasteiger partial charge in [0.2, 0.25) is 5.78 Å². The zero-order chi connectivity index (χ0) is 19.5. The number of carbonyl (C=O) groups excluding carboxylic acids is 3. The second-order valence-corrected chi connectivity index (χ2v) is 6.69. The first-order valence-corrected chi connectivity index (χ1v) is 9.10. The molecule has 0 aliphatic carbocycles. The molecule has 3 heterocycles. The molecule has 0 saturated carbocycles. The quantitative estimate of drug-likeness (QED) is 0.359. The van der Waals surface area contributed by atoms with Gasteiger partial charge in [0.1, 0.15) is 17.7 Å². The fourth-order valence-electron chi connectivity index (χ4n) is 3.63. The first-order chi connectivity index (χ1) is 13.7. The first kappa shape index (κ1) is 17.9. The maximum atomic E-state index is 13.1. The second-order valence-electron chi connectivity index (χ2n) is 6.69. The summed E-state index contributed by atoms with van der Waals surface area (Å²) in [6.45, 7) is 0.993. The van der Waals surface area contributed by atoms with E-state index in [0.29, 0.717) is 30.8 Å². The van der Waals surface area contributed by atoms with Gasteiger partial charge in [0.25, 0.3) is 5.91 Å². The van der Waals surface area contributed by atoms with E-state index in [2.05, 4.69) is 4.98 Å². The second kappa shape index (κ2) is 7.64. The zero-order valence-corrected chi connectivity index (χ0v) is 15.1. The molecule has 1 aliphatic rings. The molecule has 2 unspecified atom stereocenters. The van der Waals surface area contributed by atoms with Crippen LogP contribution in [0.25, 0.3) is 0 Å². The standard InChI is InChI=1S/C21H19N3O4/c25-19(15-6-2-1-3-7-15)17-18(16-8-4-13-28-16)24(21(27)20(17)26)11-5-10-23-12-9-22-14-23/h1-4,6-9,12-14,17-18H,5,10-11H2. The Morgan fingerprint density at radius 3 is 2.57 bits per heavy atom. The lowest BCUT2D eigenvalue weighted by molar-refractivity contribution is -0.140. The van der Waals surface area contributed by atoms with Crippen LogP contribution in [-0.2, 0) is 16.1 Å². The molecule has 7 nitrogen and oxygen atoms in total. The lowest BCUT2D eigenvalue weighted by Gasteiger charge is -2.25. The van der Waals surface area contributed by atoms with Crippen LogP contribution < -0.4 is 0 Å². The van der Waals surface area contributed by atoms with Crippen molar-refractivity contribution in [2.75, 3.05) is 6.54 Å². The molecular formula is C21H19N3O4. The van der Waals surface area contributed by atoms with E-state index in [1.165, 1.54) is 11.2 Å². The summed E-state index contributed by atoms with van der Waals surface area (Å²) in [4.78, 5) is 44.0. The molecule has 1 amide bonds. The van der Waals surface area contributed by atoms with E-state index in [-0.39, 0.29) is 5.78 Å². The molecule has 142 valence electrons. The molecule has 0 bridgehead atoms. The van der Waals surface area contributed by atoms with E-state index in [0.717, 1.165) is 0 Å². The lowest BCUT2D eigenvalue weighted by Crippen LogP contribution is -2.32. The molecule has 1 aliphatic heterocycles. The van der Waals surface area contributed by atoms with E-state index in [1.807, 2.05) is 10.8 Å². The maximum absolute atomic E-state index is 13.1. The molecule has 0 spiro atoms. The maximum Gasteiger partial charge on any atom is 0.291 e. The number of hydrogen-bond donors (Lipinski definition) is 0. The van der Waals surface area contributed by atoms with Crippen LogP contribution in [0.2, 0.25) is 0 Å². The van der Waals surface area contributed by atoms with E-state index in [1.54, 1.807) is 55.0 Å². The number of benzene rings is 1. The van der Waals surface area contributed by atoms with E-state index < -0.39 is 23.7 Å². The third-order valence-electron chi connectivity index (χ3n) is 4.96. The van der Waals surface area contributed by atoms with Crippen molar-refractivity contribution in [3.63, 3.8) is 0 Å². The van der Waals surface area contributed by atoms with Gasteiger partial charge in [-0.05, 0) is 18.6 Å². The molecule has 3 aromatic rings. The largest absolute Gasteiger partial charge is 0.467 e. The lowest BCUT2D eigenvalue weighted by atomic mass is 9.89. The van der Waals surface area contributed by atoms with Gasteiger partial charge in [0.15, 0.2) is 5.78 Å². The summed E-state index contributed by atoms with van der Waals surface area (Å²) >= 11 is 0. The molecule has 28 heavy (non-hydrogen) atoms. The van der Waals surface area contributed by atoms with Crippen LogP contribution in [0.3, 0.4) is 0 Å². The zero-order valence-electron chi connectivity index (χ0n) is 15.1. The molecule has 0 radical (unpaired) electrons. The van der Waals surface area contributed by atoms with Gasteiger partial charge in [-0.3, -0.25) is 14.4 Å². The summed E-state index contributed by atoms with van der Waals surface area (Å²) in [5.41, 5.74) is 0.408. The number of carbonyl (C=O) groups is 3. The Bertz CT molecular complexity index is 965. The van der Waals surface area contributed by atoms with Crippen molar-refractivity contribution < 1.29 is 18.8 Å². The van der Waals surface area contributed by atoms with Crippen molar-refractivity contribution in [2.24, 2.45) is 5.92 Å². The summed E-state index contributed by atoms with van der Waals surface area (Å²) < 4.78 is 7.40. The van der Waals surface area contributed by atoms with Crippen LogP contribution in [-0.4, -0.2) is 38.5 Å². The SMILES string of the molecule is O=C1C(=O)N(CCCn2ccnc2)C(c2ccco2)C1C(=O)c1ccccc1. The monoisotopic (exact) mass is 377 g/mol. The van der Waals surface area contributed by atoms with Crippen LogP contribution in [0.1, 0.15) is 28.6 Å². The minimum absolute atomic E-state index is 0.340. The smallest absolute Gasteiger partial charge is 0.291 e. The number of nitrogens with zero attached hydrogens (tertiary/aromatic N) is 3. The van der Waals surface area contributed by atoms with Gasteiger partial charge in [-0.25, -0.2) is 4.98 Å². The van der Waals surface area contributed by atoms with Crippen LogP contribution in [0.4, 0.5) is 0 Å². The number of likely N-dealkylation sites (tertiary alicyclic amines) is 1. The third-order valence-corrected chi connectivity index (χ3v) is 4.96.